The van der Waals surface area contributed by atoms with Crippen LogP contribution in [0.4, 0.5) is 0 Å². The van der Waals surface area contributed by atoms with Crippen LogP contribution < -0.4 is 0 Å². The Bertz CT molecular complexity index is 2530. The second kappa shape index (κ2) is 10.1. The Kier molecular flexibility index (Phi) is 5.76. The minimum absolute atomic E-state index is 0.597. The Morgan fingerprint density at radius 1 is 0.587 bits per heavy atom. The number of benzene rings is 4. The van der Waals surface area contributed by atoms with E-state index < -0.39 is 0 Å². The van der Waals surface area contributed by atoms with Crippen LogP contribution in [-0.2, 0) is 14.1 Å². The first-order valence-corrected chi connectivity index (χ1v) is 15.1. The number of imidazole rings is 2. The molecule has 220 valence electrons. The Morgan fingerprint density at radius 3 is 2.13 bits per heavy atom. The molecule has 9 aromatic rings. The third-order valence-corrected chi connectivity index (χ3v) is 8.63. The maximum atomic E-state index is 6.18. The van der Waals surface area contributed by atoms with E-state index in [9.17, 15) is 0 Å². The molecule has 0 saturated heterocycles. The lowest BCUT2D eigenvalue weighted by molar-refractivity contribution is 0.620. The molecule has 0 amide bonds. The summed E-state index contributed by atoms with van der Waals surface area (Å²) in [7, 11) is 4.01. The average Bonchev–Trinajstić information content (AvgIpc) is 3.89. The number of oxazole rings is 1. The zero-order chi connectivity index (χ0) is 30.8. The van der Waals surface area contributed by atoms with Gasteiger partial charge in [0, 0.05) is 83.8 Å². The van der Waals surface area contributed by atoms with Crippen LogP contribution in [0.3, 0.4) is 0 Å². The molecule has 0 atom stereocenters. The normalized spacial score (nSPS) is 11.7. The zero-order valence-corrected chi connectivity index (χ0v) is 25.2. The fourth-order valence-corrected chi connectivity index (χ4v) is 6.36. The number of pyridine rings is 1. The summed E-state index contributed by atoms with van der Waals surface area (Å²) >= 11 is 0. The molecule has 5 aromatic heterocycles. The lowest BCUT2D eigenvalue weighted by Crippen LogP contribution is -1.96. The third kappa shape index (κ3) is 4.15. The maximum Gasteiger partial charge on any atom is 0.227 e. The van der Waals surface area contributed by atoms with Gasteiger partial charge in [-0.2, -0.15) is 0 Å². The van der Waals surface area contributed by atoms with Gasteiger partial charge in [0.2, 0.25) is 5.89 Å². The SMILES string of the molecule is Cn1ccnc1-c1ccc(-c2cccc(-n3c4ccc(-c5nccn5C)cc4c4ccc(-c5nc6ccccc6o5)cc43)c2)nc1. The monoisotopic (exact) mass is 597 g/mol. The first-order valence-electron chi connectivity index (χ1n) is 15.1. The van der Waals surface area contributed by atoms with E-state index in [2.05, 4.69) is 87.3 Å². The minimum Gasteiger partial charge on any atom is -0.436 e. The molecule has 0 aliphatic heterocycles. The van der Waals surface area contributed by atoms with Crippen molar-refractivity contribution in [3.63, 3.8) is 0 Å². The molecular weight excluding hydrogens is 570 g/mol. The van der Waals surface area contributed by atoms with Gasteiger partial charge in [0.1, 0.15) is 17.2 Å². The van der Waals surface area contributed by atoms with Crippen molar-refractivity contribution in [2.45, 2.75) is 0 Å². The molecule has 46 heavy (non-hydrogen) atoms. The highest BCUT2D eigenvalue weighted by atomic mass is 16.3. The number of nitrogens with zero attached hydrogens (tertiary/aromatic N) is 7. The van der Waals surface area contributed by atoms with Crippen molar-refractivity contribution >= 4 is 32.9 Å². The number of para-hydroxylation sites is 2. The fraction of sp³-hybridized carbons (Fsp3) is 0.0526. The van der Waals surface area contributed by atoms with Crippen molar-refractivity contribution in [2.24, 2.45) is 14.1 Å². The standard InChI is InChI=1S/C38H27N7O/c1-43-18-16-39-36(43)25-12-15-33-30(21-25)29-13-10-26(38-42-32-8-3-4-9-35(32)46-38)22-34(29)45(33)28-7-5-6-24(20-28)31-14-11-27(23-41-31)37-40-17-19-44(37)2/h3-23H,1-2H3. The van der Waals surface area contributed by atoms with E-state index in [1.807, 2.05) is 72.3 Å². The molecule has 5 heterocycles. The lowest BCUT2D eigenvalue weighted by atomic mass is 10.1. The number of hydrogen-bond acceptors (Lipinski definition) is 5. The maximum absolute atomic E-state index is 6.18. The summed E-state index contributed by atoms with van der Waals surface area (Å²) in [5.41, 5.74) is 9.67. The lowest BCUT2D eigenvalue weighted by Gasteiger charge is -2.11. The van der Waals surface area contributed by atoms with Gasteiger partial charge in [-0.25, -0.2) is 15.0 Å². The number of fused-ring (bicyclic) bond motifs is 4. The van der Waals surface area contributed by atoms with Crippen molar-refractivity contribution in [3.8, 4) is 51.2 Å². The Balaban J connectivity index is 1.22. The topological polar surface area (TPSA) is 79.5 Å². The second-order valence-electron chi connectivity index (χ2n) is 11.5. The summed E-state index contributed by atoms with van der Waals surface area (Å²) in [6.07, 6.45) is 9.42. The van der Waals surface area contributed by atoms with Gasteiger partial charge in [-0.05, 0) is 66.7 Å². The molecule has 0 unspecified atom stereocenters. The first kappa shape index (κ1) is 26.2. The number of aryl methyl sites for hydroxylation is 2. The molecule has 0 bridgehead atoms. The molecule has 0 spiro atoms. The van der Waals surface area contributed by atoms with Crippen LogP contribution in [0.2, 0.25) is 0 Å². The molecule has 8 heteroatoms. The van der Waals surface area contributed by atoms with E-state index in [1.165, 1.54) is 0 Å². The van der Waals surface area contributed by atoms with Gasteiger partial charge >= 0.3 is 0 Å². The van der Waals surface area contributed by atoms with Gasteiger partial charge in [0.15, 0.2) is 5.58 Å². The van der Waals surface area contributed by atoms with Gasteiger partial charge in [0.05, 0.1) is 16.7 Å². The average molecular weight is 598 g/mol. The quantitative estimate of drug-likeness (QED) is 0.199. The third-order valence-electron chi connectivity index (χ3n) is 8.63. The molecule has 0 fully saturated rings. The van der Waals surface area contributed by atoms with Crippen molar-refractivity contribution < 1.29 is 4.42 Å². The fourth-order valence-electron chi connectivity index (χ4n) is 6.36. The van der Waals surface area contributed by atoms with Crippen molar-refractivity contribution in [1.82, 2.24) is 33.6 Å². The molecule has 9 rings (SSSR count). The van der Waals surface area contributed by atoms with E-state index in [-0.39, 0.29) is 0 Å². The van der Waals surface area contributed by atoms with E-state index in [1.54, 1.807) is 6.20 Å². The second-order valence-corrected chi connectivity index (χ2v) is 11.5. The Hall–Kier alpha value is -6.28. The number of aromatic nitrogens is 7. The summed E-state index contributed by atoms with van der Waals surface area (Å²) in [5.74, 6) is 2.41. The molecule has 0 aliphatic rings. The van der Waals surface area contributed by atoms with Crippen molar-refractivity contribution in [2.75, 3.05) is 0 Å². The highest BCUT2D eigenvalue weighted by molar-refractivity contribution is 6.11. The number of hydrogen-bond donors (Lipinski definition) is 0. The predicted molar refractivity (Wildman–Crippen MR) is 181 cm³/mol. The van der Waals surface area contributed by atoms with Crippen molar-refractivity contribution in [3.05, 3.63) is 128 Å². The Labute approximate surface area is 263 Å². The van der Waals surface area contributed by atoms with E-state index >= 15 is 0 Å². The molecule has 8 nitrogen and oxygen atoms in total. The summed E-state index contributed by atoms with van der Waals surface area (Å²) in [5, 5.41) is 2.27. The van der Waals surface area contributed by atoms with E-state index in [4.69, 9.17) is 14.4 Å². The predicted octanol–water partition coefficient (Wildman–Crippen LogP) is 8.45. The summed E-state index contributed by atoms with van der Waals surface area (Å²) < 4.78 is 12.5. The van der Waals surface area contributed by atoms with Crippen LogP contribution in [-0.4, -0.2) is 33.6 Å². The smallest absolute Gasteiger partial charge is 0.227 e. The van der Waals surface area contributed by atoms with Gasteiger partial charge in [0.25, 0.3) is 0 Å². The molecule has 0 saturated carbocycles. The molecular formula is C38H27N7O. The van der Waals surface area contributed by atoms with Crippen LogP contribution in [0.15, 0.2) is 132 Å². The van der Waals surface area contributed by atoms with Crippen LogP contribution >= 0.6 is 0 Å². The van der Waals surface area contributed by atoms with Gasteiger partial charge in [-0.3, -0.25) is 4.98 Å². The van der Waals surface area contributed by atoms with Gasteiger partial charge in [-0.1, -0.05) is 30.3 Å². The zero-order valence-electron chi connectivity index (χ0n) is 25.2. The number of rotatable bonds is 5. The molecule has 0 radical (unpaired) electrons. The largest absolute Gasteiger partial charge is 0.436 e. The summed E-state index contributed by atoms with van der Waals surface area (Å²) in [4.78, 5) is 18.7. The van der Waals surface area contributed by atoms with Crippen LogP contribution in [0.5, 0.6) is 0 Å². The molecule has 0 aliphatic carbocycles. The van der Waals surface area contributed by atoms with Crippen LogP contribution in [0, 0.1) is 0 Å². The van der Waals surface area contributed by atoms with Crippen LogP contribution in [0.1, 0.15) is 0 Å². The molecule has 0 N–H and O–H groups in total. The highest BCUT2D eigenvalue weighted by Crippen LogP contribution is 2.38. The van der Waals surface area contributed by atoms with Crippen molar-refractivity contribution in [1.29, 1.82) is 0 Å². The van der Waals surface area contributed by atoms with E-state index in [0.717, 1.165) is 78.2 Å². The minimum atomic E-state index is 0.597. The summed E-state index contributed by atoms with van der Waals surface area (Å²) in [6.45, 7) is 0. The van der Waals surface area contributed by atoms with Crippen LogP contribution in [0.25, 0.3) is 84.1 Å². The first-order chi connectivity index (χ1) is 22.6. The van der Waals surface area contributed by atoms with E-state index in [0.29, 0.717) is 5.89 Å². The Morgan fingerprint density at radius 2 is 1.37 bits per heavy atom. The summed E-state index contributed by atoms with van der Waals surface area (Å²) in [6, 6.07) is 33.5. The van der Waals surface area contributed by atoms with Gasteiger partial charge < -0.3 is 18.1 Å². The molecule has 4 aromatic carbocycles. The highest BCUT2D eigenvalue weighted by Gasteiger charge is 2.18. The van der Waals surface area contributed by atoms with Gasteiger partial charge in [-0.15, -0.1) is 0 Å².